The van der Waals surface area contributed by atoms with E-state index in [0.717, 1.165) is 52.9 Å². The highest BCUT2D eigenvalue weighted by atomic mass is 16.7. The molecule has 0 radical (unpaired) electrons. The Kier molecular flexibility index (Phi) is 12.9. The number of nitrogens with zero attached hydrogens (tertiary/aromatic N) is 1. The van der Waals surface area contributed by atoms with E-state index in [9.17, 15) is 14.7 Å². The fourth-order valence-electron chi connectivity index (χ4n) is 6.09. The summed E-state index contributed by atoms with van der Waals surface area (Å²) in [7, 11) is 2.12. The summed E-state index contributed by atoms with van der Waals surface area (Å²) in [6.07, 6.45) is 2.44. The predicted molar refractivity (Wildman–Crippen MR) is 186 cm³/mol. The van der Waals surface area contributed by atoms with Crippen LogP contribution in [-0.2, 0) is 38.8 Å². The fourth-order valence-corrected chi connectivity index (χ4v) is 6.09. The summed E-state index contributed by atoms with van der Waals surface area (Å²) in [5.41, 5.74) is 7.16. The first-order valence-electron chi connectivity index (χ1n) is 16.8. The van der Waals surface area contributed by atoms with E-state index >= 15 is 0 Å². The highest BCUT2D eigenvalue weighted by Gasteiger charge is 2.33. The van der Waals surface area contributed by atoms with Gasteiger partial charge in [0.15, 0.2) is 6.29 Å². The molecule has 252 valence electrons. The summed E-state index contributed by atoms with van der Waals surface area (Å²) in [5, 5.41) is 21.3. The first kappa shape index (κ1) is 35.0. The summed E-state index contributed by atoms with van der Waals surface area (Å²) in [6, 6.07) is 34.7. The van der Waals surface area contributed by atoms with Gasteiger partial charge >= 0.3 is 5.97 Å². The maximum absolute atomic E-state index is 12.4. The van der Waals surface area contributed by atoms with Gasteiger partial charge in [-0.3, -0.25) is 14.5 Å². The van der Waals surface area contributed by atoms with E-state index in [0.29, 0.717) is 32.2 Å². The highest BCUT2D eigenvalue weighted by Crippen LogP contribution is 2.39. The van der Waals surface area contributed by atoms with E-state index in [2.05, 4.69) is 65.8 Å². The first-order valence-corrected chi connectivity index (χ1v) is 16.8. The number of aliphatic hydroxyl groups is 1. The number of aliphatic hydroxyl groups excluding tert-OH is 1. The van der Waals surface area contributed by atoms with Gasteiger partial charge in [-0.05, 0) is 65.4 Å². The number of carboxylic acid groups (broad SMARTS) is 1. The molecule has 1 fully saturated rings. The smallest absolute Gasteiger partial charge is 0.303 e. The number of carbonyl (C=O) groups is 2. The molecule has 0 aromatic heterocycles. The Bertz CT molecular complexity index is 1610. The Balaban J connectivity index is 1.26. The molecule has 48 heavy (non-hydrogen) atoms. The molecule has 0 aliphatic carbocycles. The molecule has 8 heteroatoms. The van der Waals surface area contributed by atoms with E-state index in [4.69, 9.17) is 14.6 Å². The van der Waals surface area contributed by atoms with Gasteiger partial charge in [-0.25, -0.2) is 0 Å². The van der Waals surface area contributed by atoms with Crippen molar-refractivity contribution < 1.29 is 29.3 Å². The van der Waals surface area contributed by atoms with E-state index in [1.807, 2.05) is 54.6 Å². The summed E-state index contributed by atoms with van der Waals surface area (Å²) in [6.45, 7) is 1.99. The molecule has 3 atom stereocenters. The number of carboxylic acids is 1. The van der Waals surface area contributed by atoms with Crippen LogP contribution >= 0.6 is 0 Å². The second-order valence-corrected chi connectivity index (χ2v) is 12.6. The van der Waals surface area contributed by atoms with Crippen molar-refractivity contribution in [3.63, 3.8) is 0 Å². The third-order valence-corrected chi connectivity index (χ3v) is 8.63. The Hall–Kier alpha value is -4.34. The van der Waals surface area contributed by atoms with Crippen LogP contribution in [0.4, 0.5) is 0 Å². The van der Waals surface area contributed by atoms with Gasteiger partial charge in [-0.1, -0.05) is 97.4 Å². The molecule has 3 N–H and O–H groups in total. The molecule has 1 saturated heterocycles. The molecular weight excluding hydrogens is 604 g/mol. The van der Waals surface area contributed by atoms with Crippen LogP contribution in [-0.4, -0.2) is 46.7 Å². The molecule has 8 nitrogen and oxygen atoms in total. The first-order chi connectivity index (χ1) is 23.4. The van der Waals surface area contributed by atoms with Crippen molar-refractivity contribution >= 4 is 11.9 Å². The van der Waals surface area contributed by atoms with Gasteiger partial charge < -0.3 is 25.0 Å². The number of ether oxygens (including phenoxy) is 2. The fraction of sp³-hybridized carbons (Fsp3) is 0.350. The average molecular weight is 651 g/mol. The quantitative estimate of drug-likeness (QED) is 0.110. The van der Waals surface area contributed by atoms with Crippen molar-refractivity contribution in [3.05, 3.63) is 131 Å². The number of hydrogen-bond donors (Lipinski definition) is 3. The van der Waals surface area contributed by atoms with Gasteiger partial charge in [0.1, 0.15) is 0 Å². The minimum atomic E-state index is -0.801. The van der Waals surface area contributed by atoms with Gasteiger partial charge in [0.2, 0.25) is 5.91 Å². The zero-order chi connectivity index (χ0) is 33.7. The molecule has 4 aromatic carbocycles. The second kappa shape index (κ2) is 17.7. The van der Waals surface area contributed by atoms with E-state index < -0.39 is 12.3 Å². The lowest BCUT2D eigenvalue weighted by molar-refractivity contribution is -0.252. The topological polar surface area (TPSA) is 108 Å². The molecule has 5 rings (SSSR count). The largest absolute Gasteiger partial charge is 0.481 e. The molecule has 4 aromatic rings. The SMILES string of the molecule is CN(Cc1ccccc1)CC1CC(c2ccc(CO)cc2)OC(c2cccc(-c3cccc(CNC(=O)CCCCCC(=O)O)c3)c2)O1. The lowest BCUT2D eigenvalue weighted by Crippen LogP contribution is -2.37. The van der Waals surface area contributed by atoms with Crippen LogP contribution in [0.25, 0.3) is 11.1 Å². The number of hydrogen-bond acceptors (Lipinski definition) is 6. The molecule has 0 bridgehead atoms. The van der Waals surface area contributed by atoms with Crippen LogP contribution in [0.5, 0.6) is 0 Å². The van der Waals surface area contributed by atoms with Crippen LogP contribution in [0.15, 0.2) is 103 Å². The molecular formula is C40H46N2O6. The minimum absolute atomic E-state index is 0.000983. The number of likely N-dealkylation sites (N-methyl/N-ethyl adjacent to an activating group) is 1. The number of rotatable bonds is 16. The van der Waals surface area contributed by atoms with Gasteiger partial charge in [0.25, 0.3) is 0 Å². The van der Waals surface area contributed by atoms with E-state index in [1.54, 1.807) is 0 Å². The predicted octanol–water partition coefficient (Wildman–Crippen LogP) is 7.17. The number of aliphatic carboxylic acids is 1. The van der Waals surface area contributed by atoms with Crippen LogP contribution in [0.2, 0.25) is 0 Å². The van der Waals surface area contributed by atoms with Crippen LogP contribution < -0.4 is 5.32 Å². The van der Waals surface area contributed by atoms with Crippen molar-refractivity contribution in [3.8, 4) is 11.1 Å². The number of unbranched alkanes of at least 4 members (excludes halogenated alkanes) is 2. The Morgan fingerprint density at radius 3 is 2.23 bits per heavy atom. The second-order valence-electron chi connectivity index (χ2n) is 12.6. The number of nitrogens with one attached hydrogen (secondary N) is 1. The van der Waals surface area contributed by atoms with Crippen LogP contribution in [0.1, 0.15) is 78.7 Å². The van der Waals surface area contributed by atoms with Gasteiger partial charge in [0.05, 0.1) is 18.8 Å². The molecule has 0 spiro atoms. The van der Waals surface area contributed by atoms with Crippen LogP contribution in [0, 0.1) is 0 Å². The highest BCUT2D eigenvalue weighted by molar-refractivity contribution is 5.76. The van der Waals surface area contributed by atoms with Gasteiger partial charge in [-0.15, -0.1) is 0 Å². The number of amides is 1. The van der Waals surface area contributed by atoms with Crippen LogP contribution in [0.3, 0.4) is 0 Å². The molecule has 1 aliphatic heterocycles. The summed E-state index contributed by atoms with van der Waals surface area (Å²) >= 11 is 0. The average Bonchev–Trinajstić information content (AvgIpc) is 3.11. The Morgan fingerprint density at radius 1 is 0.771 bits per heavy atom. The lowest BCUT2D eigenvalue weighted by Gasteiger charge is -2.38. The zero-order valence-electron chi connectivity index (χ0n) is 27.6. The van der Waals surface area contributed by atoms with Gasteiger partial charge in [0, 0.05) is 44.5 Å². The van der Waals surface area contributed by atoms with Crippen molar-refractivity contribution in [1.29, 1.82) is 0 Å². The summed E-state index contributed by atoms with van der Waals surface area (Å²) in [4.78, 5) is 25.3. The zero-order valence-corrected chi connectivity index (χ0v) is 27.6. The van der Waals surface area contributed by atoms with Crippen molar-refractivity contribution in [2.45, 2.75) is 76.7 Å². The Morgan fingerprint density at radius 2 is 1.48 bits per heavy atom. The maximum atomic E-state index is 12.4. The monoisotopic (exact) mass is 650 g/mol. The van der Waals surface area contributed by atoms with Gasteiger partial charge in [-0.2, -0.15) is 0 Å². The third kappa shape index (κ3) is 10.6. The molecule has 1 aliphatic rings. The Labute approximate surface area is 283 Å². The number of benzene rings is 4. The molecule has 1 heterocycles. The summed E-state index contributed by atoms with van der Waals surface area (Å²) < 4.78 is 13.3. The third-order valence-electron chi connectivity index (χ3n) is 8.63. The van der Waals surface area contributed by atoms with E-state index in [1.165, 1.54) is 5.56 Å². The molecule has 0 saturated carbocycles. The molecule has 3 unspecified atom stereocenters. The molecule has 1 amide bonds. The lowest BCUT2D eigenvalue weighted by atomic mass is 9.98. The maximum Gasteiger partial charge on any atom is 0.303 e. The normalized spacial score (nSPS) is 17.7. The van der Waals surface area contributed by atoms with Crippen molar-refractivity contribution in [1.82, 2.24) is 10.2 Å². The van der Waals surface area contributed by atoms with E-state index in [-0.39, 0.29) is 31.1 Å². The minimum Gasteiger partial charge on any atom is -0.481 e. The number of carbonyl (C=O) groups excluding carboxylic acids is 1. The summed E-state index contributed by atoms with van der Waals surface area (Å²) in [5.74, 6) is -0.835. The standard InChI is InChI=1S/C40H46N2O6/c1-42(26-29-10-4-2-5-11-29)27-36-24-37(32-20-18-30(28-43)19-21-32)48-40(47-36)35-15-9-14-34(23-35)33-13-8-12-31(22-33)25-41-38(44)16-6-3-7-17-39(45)46/h2,4-5,8-15,18-23,36-37,40,43H,3,6-7,16-17,24-28H2,1H3,(H,41,44)(H,45,46). The van der Waals surface area contributed by atoms with Crippen molar-refractivity contribution in [2.24, 2.45) is 0 Å². The van der Waals surface area contributed by atoms with Crippen molar-refractivity contribution in [2.75, 3.05) is 13.6 Å².